The second-order valence-electron chi connectivity index (χ2n) is 6.46. The number of hydrogen-bond donors (Lipinski definition) is 1. The molecule has 0 aromatic heterocycles. The first kappa shape index (κ1) is 15.3. The second kappa shape index (κ2) is 7.59. The molecule has 1 aliphatic carbocycles. The van der Waals surface area contributed by atoms with Crippen LogP contribution < -0.4 is 5.32 Å². The molecule has 22 heavy (non-hydrogen) atoms. The molecule has 1 aliphatic heterocycles. The van der Waals surface area contributed by atoms with Gasteiger partial charge in [-0.25, -0.2) is 0 Å². The van der Waals surface area contributed by atoms with E-state index in [1.807, 2.05) is 0 Å². The van der Waals surface area contributed by atoms with Gasteiger partial charge in [-0.2, -0.15) is 0 Å². The number of nitrogens with zero attached hydrogens (tertiary/aromatic N) is 1. The third-order valence-electron chi connectivity index (χ3n) is 4.96. The zero-order valence-corrected chi connectivity index (χ0v) is 13.2. The van der Waals surface area contributed by atoms with Gasteiger partial charge in [-0.3, -0.25) is 4.79 Å². The molecule has 0 spiro atoms. The van der Waals surface area contributed by atoms with Crippen molar-refractivity contribution in [1.82, 2.24) is 10.2 Å². The summed E-state index contributed by atoms with van der Waals surface area (Å²) in [6.07, 6.45) is 8.49. The summed E-state index contributed by atoms with van der Waals surface area (Å²) in [5.74, 6) is 1.12. The van der Waals surface area contributed by atoms with Gasteiger partial charge in [0.2, 0.25) is 5.91 Å². The van der Waals surface area contributed by atoms with Gasteiger partial charge in [0, 0.05) is 19.0 Å². The molecule has 2 aliphatic rings. The molecule has 3 heteroatoms. The molecule has 1 fully saturated rings. The first-order chi connectivity index (χ1) is 10.8. The van der Waals surface area contributed by atoms with Gasteiger partial charge in [0.05, 0.1) is 0 Å². The van der Waals surface area contributed by atoms with E-state index in [-0.39, 0.29) is 11.8 Å². The third kappa shape index (κ3) is 3.98. The van der Waals surface area contributed by atoms with Crippen molar-refractivity contribution in [3.05, 3.63) is 48.0 Å². The van der Waals surface area contributed by atoms with Crippen molar-refractivity contribution in [3.8, 4) is 0 Å². The molecule has 1 amide bonds. The van der Waals surface area contributed by atoms with Crippen LogP contribution in [0.5, 0.6) is 0 Å². The molecule has 0 radical (unpaired) electrons. The summed E-state index contributed by atoms with van der Waals surface area (Å²) < 4.78 is 0. The first-order valence-corrected chi connectivity index (χ1v) is 8.53. The van der Waals surface area contributed by atoms with Gasteiger partial charge in [-0.1, -0.05) is 42.5 Å². The van der Waals surface area contributed by atoms with Gasteiger partial charge < -0.3 is 10.2 Å². The number of hydrogen-bond acceptors (Lipinski definition) is 2. The van der Waals surface area contributed by atoms with E-state index in [2.05, 4.69) is 52.7 Å². The quantitative estimate of drug-likeness (QED) is 0.848. The summed E-state index contributed by atoms with van der Waals surface area (Å²) in [5, 5.41) is 3.09. The Kier molecular flexibility index (Phi) is 5.28. The predicted octanol–water partition coefficient (Wildman–Crippen LogP) is 2.95. The fourth-order valence-electron chi connectivity index (χ4n) is 3.53. The van der Waals surface area contributed by atoms with Crippen LogP contribution in [-0.2, 0) is 4.79 Å². The van der Waals surface area contributed by atoms with Crippen LogP contribution in [0.2, 0.25) is 0 Å². The van der Waals surface area contributed by atoms with Crippen molar-refractivity contribution >= 4 is 5.91 Å². The number of benzene rings is 1. The second-order valence-corrected chi connectivity index (χ2v) is 6.46. The number of carbonyl (C=O) groups is 1. The van der Waals surface area contributed by atoms with Crippen LogP contribution in [0.25, 0.3) is 0 Å². The molecule has 1 saturated heterocycles. The van der Waals surface area contributed by atoms with Gasteiger partial charge in [0.1, 0.15) is 0 Å². The van der Waals surface area contributed by atoms with E-state index >= 15 is 0 Å². The number of piperidine rings is 1. The van der Waals surface area contributed by atoms with E-state index in [1.165, 1.54) is 18.4 Å². The normalized spacial score (nSPS) is 20.4. The molecule has 3 nitrogen and oxygen atoms in total. The Morgan fingerprint density at radius 1 is 1.09 bits per heavy atom. The molecular weight excluding hydrogens is 272 g/mol. The van der Waals surface area contributed by atoms with Crippen molar-refractivity contribution in [2.24, 2.45) is 5.92 Å². The van der Waals surface area contributed by atoms with Crippen LogP contribution in [0, 0.1) is 5.92 Å². The zero-order valence-electron chi connectivity index (χ0n) is 13.2. The average molecular weight is 298 g/mol. The molecule has 1 heterocycles. The van der Waals surface area contributed by atoms with Crippen LogP contribution in [0.3, 0.4) is 0 Å². The van der Waals surface area contributed by atoms with Gasteiger partial charge in [0.15, 0.2) is 0 Å². The Morgan fingerprint density at radius 2 is 1.77 bits per heavy atom. The van der Waals surface area contributed by atoms with Crippen molar-refractivity contribution in [3.63, 3.8) is 0 Å². The predicted molar refractivity (Wildman–Crippen MR) is 89.7 cm³/mol. The van der Waals surface area contributed by atoms with Crippen molar-refractivity contribution in [2.45, 2.75) is 31.6 Å². The minimum absolute atomic E-state index is 0.184. The maximum atomic E-state index is 12.0. The van der Waals surface area contributed by atoms with E-state index in [4.69, 9.17) is 0 Å². The van der Waals surface area contributed by atoms with Crippen LogP contribution >= 0.6 is 0 Å². The third-order valence-corrected chi connectivity index (χ3v) is 4.96. The highest BCUT2D eigenvalue weighted by molar-refractivity contribution is 5.79. The van der Waals surface area contributed by atoms with E-state index < -0.39 is 0 Å². The van der Waals surface area contributed by atoms with Crippen LogP contribution in [0.15, 0.2) is 42.5 Å². The zero-order chi connectivity index (χ0) is 15.2. The lowest BCUT2D eigenvalue weighted by Crippen LogP contribution is -2.40. The summed E-state index contributed by atoms with van der Waals surface area (Å²) in [6, 6.07) is 10.8. The molecule has 0 atom stereocenters. The number of rotatable bonds is 5. The molecule has 1 aromatic carbocycles. The van der Waals surface area contributed by atoms with Crippen LogP contribution in [0.4, 0.5) is 0 Å². The highest BCUT2D eigenvalue weighted by Gasteiger charge is 2.21. The summed E-state index contributed by atoms with van der Waals surface area (Å²) in [6.45, 7) is 4.04. The molecule has 0 bridgehead atoms. The maximum Gasteiger partial charge on any atom is 0.223 e. The van der Waals surface area contributed by atoms with Crippen molar-refractivity contribution in [1.29, 1.82) is 0 Å². The van der Waals surface area contributed by atoms with Gasteiger partial charge >= 0.3 is 0 Å². The van der Waals surface area contributed by atoms with Crippen molar-refractivity contribution < 1.29 is 4.79 Å². The SMILES string of the molecule is O=C(NCCN1CCC(c2ccccc2)CC1)C1CC=CC1. The largest absolute Gasteiger partial charge is 0.355 e. The minimum Gasteiger partial charge on any atom is -0.355 e. The van der Waals surface area contributed by atoms with Crippen LogP contribution in [0.1, 0.15) is 37.2 Å². The molecule has 1 N–H and O–H groups in total. The summed E-state index contributed by atoms with van der Waals surface area (Å²) in [5.41, 5.74) is 1.48. The summed E-state index contributed by atoms with van der Waals surface area (Å²) in [7, 11) is 0. The van der Waals surface area contributed by atoms with E-state index in [0.29, 0.717) is 5.92 Å². The fourth-order valence-corrected chi connectivity index (χ4v) is 3.53. The number of likely N-dealkylation sites (tertiary alicyclic amines) is 1. The van der Waals surface area contributed by atoms with E-state index in [0.717, 1.165) is 39.0 Å². The Labute approximate surface area is 133 Å². The van der Waals surface area contributed by atoms with E-state index in [9.17, 15) is 4.79 Å². The Hall–Kier alpha value is -1.61. The van der Waals surface area contributed by atoms with Gasteiger partial charge in [0.25, 0.3) is 0 Å². The van der Waals surface area contributed by atoms with E-state index in [1.54, 1.807) is 0 Å². The highest BCUT2D eigenvalue weighted by atomic mass is 16.1. The molecule has 0 saturated carbocycles. The minimum atomic E-state index is 0.184. The maximum absolute atomic E-state index is 12.0. The number of amides is 1. The van der Waals surface area contributed by atoms with Gasteiger partial charge in [-0.15, -0.1) is 0 Å². The van der Waals surface area contributed by atoms with Crippen molar-refractivity contribution in [2.75, 3.05) is 26.2 Å². The molecule has 1 aromatic rings. The number of nitrogens with one attached hydrogen (secondary N) is 1. The molecule has 3 rings (SSSR count). The number of carbonyl (C=O) groups excluding carboxylic acids is 1. The average Bonchev–Trinajstić information content (AvgIpc) is 3.11. The molecule has 0 unspecified atom stereocenters. The highest BCUT2D eigenvalue weighted by Crippen LogP contribution is 2.27. The smallest absolute Gasteiger partial charge is 0.223 e. The lowest BCUT2D eigenvalue weighted by Gasteiger charge is -2.32. The lowest BCUT2D eigenvalue weighted by molar-refractivity contribution is -0.124. The lowest BCUT2D eigenvalue weighted by atomic mass is 9.89. The molecule has 118 valence electrons. The molecular formula is C19H26N2O. The Morgan fingerprint density at radius 3 is 2.45 bits per heavy atom. The van der Waals surface area contributed by atoms with Crippen LogP contribution in [-0.4, -0.2) is 37.0 Å². The monoisotopic (exact) mass is 298 g/mol. The van der Waals surface area contributed by atoms with Gasteiger partial charge in [-0.05, 0) is 50.3 Å². The first-order valence-electron chi connectivity index (χ1n) is 8.53. The standard InChI is InChI=1S/C19H26N2O/c22-19(18-8-4-5-9-18)20-12-15-21-13-10-17(11-14-21)16-6-2-1-3-7-16/h1-7,17-18H,8-15H2,(H,20,22). The Bertz CT molecular complexity index is 495. The number of allylic oxidation sites excluding steroid dienone is 2. The summed E-state index contributed by atoms with van der Waals surface area (Å²) >= 11 is 0. The topological polar surface area (TPSA) is 32.3 Å². The summed E-state index contributed by atoms with van der Waals surface area (Å²) in [4.78, 5) is 14.4. The Balaban J connectivity index is 1.35. The fraction of sp³-hybridized carbons (Fsp3) is 0.526.